The third-order valence-corrected chi connectivity index (χ3v) is 3.77. The highest BCUT2D eigenvalue weighted by molar-refractivity contribution is 6.30. The number of benzene rings is 2. The standard InChI is InChI=1S/C19H23ClN4O2/c1-3-21-18(22-12-14-4-8-16(20)9-5-14)23-13-15-6-10-17(11-7-15)24-19(25)26-2/h4-11H,3,12-13H2,1-2H3,(H,24,25)(H2,21,22,23). The molecule has 0 bridgehead atoms. The van der Waals surface area contributed by atoms with Gasteiger partial charge in [-0.25, -0.2) is 9.79 Å². The van der Waals surface area contributed by atoms with Gasteiger partial charge >= 0.3 is 6.09 Å². The molecule has 0 unspecified atom stereocenters. The Labute approximate surface area is 158 Å². The summed E-state index contributed by atoms with van der Waals surface area (Å²) < 4.78 is 4.56. The zero-order chi connectivity index (χ0) is 18.8. The van der Waals surface area contributed by atoms with Crippen LogP contribution in [0.2, 0.25) is 5.02 Å². The molecule has 2 aromatic carbocycles. The molecular formula is C19H23ClN4O2. The predicted molar refractivity (Wildman–Crippen MR) is 106 cm³/mol. The first-order valence-corrected chi connectivity index (χ1v) is 8.69. The van der Waals surface area contributed by atoms with Crippen molar-refractivity contribution in [2.24, 2.45) is 4.99 Å². The minimum absolute atomic E-state index is 0.489. The van der Waals surface area contributed by atoms with Crippen molar-refractivity contribution in [2.75, 3.05) is 19.0 Å². The highest BCUT2D eigenvalue weighted by Gasteiger charge is 2.02. The van der Waals surface area contributed by atoms with Crippen molar-refractivity contribution < 1.29 is 9.53 Å². The maximum atomic E-state index is 11.2. The Hall–Kier alpha value is -2.73. The average molecular weight is 375 g/mol. The molecule has 0 fully saturated rings. The highest BCUT2D eigenvalue weighted by atomic mass is 35.5. The summed E-state index contributed by atoms with van der Waals surface area (Å²) in [5.74, 6) is 0.735. The van der Waals surface area contributed by atoms with Crippen molar-refractivity contribution in [3.63, 3.8) is 0 Å². The van der Waals surface area contributed by atoms with Crippen LogP contribution in [0, 0.1) is 0 Å². The minimum atomic E-state index is -0.489. The van der Waals surface area contributed by atoms with E-state index >= 15 is 0 Å². The smallest absolute Gasteiger partial charge is 0.411 e. The first-order valence-electron chi connectivity index (χ1n) is 8.31. The molecule has 138 valence electrons. The number of amides is 1. The molecule has 0 atom stereocenters. The van der Waals surface area contributed by atoms with Crippen molar-refractivity contribution in [3.05, 3.63) is 64.7 Å². The fraction of sp³-hybridized carbons (Fsp3) is 0.263. The summed E-state index contributed by atoms with van der Waals surface area (Å²) in [7, 11) is 1.33. The number of nitrogens with zero attached hydrogens (tertiary/aromatic N) is 1. The van der Waals surface area contributed by atoms with E-state index in [1.807, 2.05) is 55.5 Å². The molecule has 6 nitrogen and oxygen atoms in total. The number of nitrogens with one attached hydrogen (secondary N) is 3. The lowest BCUT2D eigenvalue weighted by Gasteiger charge is -2.11. The number of carbonyl (C=O) groups excluding carboxylic acids is 1. The van der Waals surface area contributed by atoms with E-state index in [1.165, 1.54) is 7.11 Å². The molecular weight excluding hydrogens is 352 g/mol. The molecule has 0 saturated heterocycles. The lowest BCUT2D eigenvalue weighted by atomic mass is 10.2. The number of ether oxygens (including phenoxy) is 1. The predicted octanol–water partition coefficient (Wildman–Crippen LogP) is 3.77. The van der Waals surface area contributed by atoms with Gasteiger partial charge in [-0.2, -0.15) is 0 Å². The second kappa shape index (κ2) is 10.3. The summed E-state index contributed by atoms with van der Waals surface area (Å²) in [5, 5.41) is 9.85. The second-order valence-electron chi connectivity index (χ2n) is 5.49. The van der Waals surface area contributed by atoms with Gasteiger partial charge in [0.25, 0.3) is 0 Å². The van der Waals surface area contributed by atoms with Gasteiger partial charge in [0.2, 0.25) is 0 Å². The van der Waals surface area contributed by atoms with Crippen LogP contribution in [-0.2, 0) is 17.8 Å². The van der Waals surface area contributed by atoms with E-state index in [4.69, 9.17) is 11.6 Å². The van der Waals surface area contributed by atoms with Crippen molar-refractivity contribution in [1.29, 1.82) is 0 Å². The fourth-order valence-corrected chi connectivity index (χ4v) is 2.29. The number of halogens is 1. The van der Waals surface area contributed by atoms with E-state index in [-0.39, 0.29) is 0 Å². The third kappa shape index (κ3) is 6.64. The zero-order valence-corrected chi connectivity index (χ0v) is 15.6. The van der Waals surface area contributed by atoms with E-state index in [2.05, 4.69) is 25.7 Å². The molecule has 7 heteroatoms. The van der Waals surface area contributed by atoms with Gasteiger partial charge in [0.05, 0.1) is 13.7 Å². The van der Waals surface area contributed by atoms with Gasteiger partial charge in [-0.15, -0.1) is 0 Å². The Morgan fingerprint density at radius 1 is 1.04 bits per heavy atom. The Balaban J connectivity index is 1.93. The Bertz CT molecular complexity index is 730. The van der Waals surface area contributed by atoms with Crippen LogP contribution >= 0.6 is 11.6 Å². The van der Waals surface area contributed by atoms with Crippen LogP contribution in [0.4, 0.5) is 10.5 Å². The van der Waals surface area contributed by atoms with Crippen molar-refractivity contribution in [2.45, 2.75) is 20.0 Å². The summed E-state index contributed by atoms with van der Waals surface area (Å²) in [6.07, 6.45) is -0.489. The normalized spacial score (nSPS) is 11.0. The van der Waals surface area contributed by atoms with Crippen LogP contribution in [0.1, 0.15) is 18.1 Å². The Morgan fingerprint density at radius 3 is 2.31 bits per heavy atom. The van der Waals surface area contributed by atoms with Gasteiger partial charge < -0.3 is 15.4 Å². The van der Waals surface area contributed by atoms with E-state index in [1.54, 1.807) is 0 Å². The quantitative estimate of drug-likeness (QED) is 0.531. The largest absolute Gasteiger partial charge is 0.453 e. The van der Waals surface area contributed by atoms with Gasteiger partial charge in [-0.05, 0) is 42.3 Å². The van der Waals surface area contributed by atoms with E-state index in [0.717, 1.165) is 28.7 Å². The number of methoxy groups -OCH3 is 1. The number of aliphatic imine (C=N–C) groups is 1. The van der Waals surface area contributed by atoms with Crippen LogP contribution < -0.4 is 16.0 Å². The first kappa shape index (κ1) is 19.6. The summed E-state index contributed by atoms with van der Waals surface area (Å²) in [6.45, 7) is 3.97. The molecule has 0 aliphatic heterocycles. The van der Waals surface area contributed by atoms with Gasteiger partial charge in [0, 0.05) is 23.8 Å². The van der Waals surface area contributed by atoms with Crippen LogP contribution in [0.25, 0.3) is 0 Å². The van der Waals surface area contributed by atoms with E-state index < -0.39 is 6.09 Å². The van der Waals surface area contributed by atoms with Gasteiger partial charge in [0.1, 0.15) is 0 Å². The van der Waals surface area contributed by atoms with Crippen LogP contribution in [-0.4, -0.2) is 25.7 Å². The van der Waals surface area contributed by atoms with Crippen molar-refractivity contribution in [3.8, 4) is 0 Å². The fourth-order valence-electron chi connectivity index (χ4n) is 2.16. The summed E-state index contributed by atoms with van der Waals surface area (Å²) >= 11 is 5.90. The first-order chi connectivity index (χ1) is 12.6. The van der Waals surface area contributed by atoms with Crippen molar-refractivity contribution in [1.82, 2.24) is 10.6 Å². The number of rotatable bonds is 6. The maximum Gasteiger partial charge on any atom is 0.411 e. The molecule has 0 spiro atoms. The lowest BCUT2D eigenvalue weighted by Crippen LogP contribution is -2.36. The number of hydrogen-bond donors (Lipinski definition) is 3. The molecule has 2 aromatic rings. The van der Waals surface area contributed by atoms with Gasteiger partial charge in [-0.1, -0.05) is 35.9 Å². The summed E-state index contributed by atoms with van der Waals surface area (Å²) in [6, 6.07) is 15.2. The van der Waals surface area contributed by atoms with E-state index in [0.29, 0.717) is 18.8 Å². The molecule has 0 aliphatic rings. The van der Waals surface area contributed by atoms with Gasteiger partial charge in [-0.3, -0.25) is 5.32 Å². The SMILES string of the molecule is CCNC(=NCc1ccc(NC(=O)OC)cc1)NCc1ccc(Cl)cc1. The number of carbonyl (C=O) groups is 1. The van der Waals surface area contributed by atoms with Crippen LogP contribution in [0.5, 0.6) is 0 Å². The Kier molecular flexibility index (Phi) is 7.76. The van der Waals surface area contributed by atoms with Crippen LogP contribution in [0.3, 0.4) is 0 Å². The number of hydrogen-bond acceptors (Lipinski definition) is 3. The highest BCUT2D eigenvalue weighted by Crippen LogP contribution is 2.11. The second-order valence-corrected chi connectivity index (χ2v) is 5.93. The molecule has 0 radical (unpaired) electrons. The molecule has 1 amide bonds. The zero-order valence-electron chi connectivity index (χ0n) is 14.9. The molecule has 2 rings (SSSR count). The molecule has 26 heavy (non-hydrogen) atoms. The summed E-state index contributed by atoms with van der Waals surface area (Å²) in [4.78, 5) is 15.8. The maximum absolute atomic E-state index is 11.2. The topological polar surface area (TPSA) is 74.8 Å². The molecule has 3 N–H and O–H groups in total. The molecule has 0 saturated carbocycles. The molecule has 0 heterocycles. The number of guanidine groups is 1. The molecule has 0 aliphatic carbocycles. The monoisotopic (exact) mass is 374 g/mol. The Morgan fingerprint density at radius 2 is 1.69 bits per heavy atom. The van der Waals surface area contributed by atoms with Crippen LogP contribution in [0.15, 0.2) is 53.5 Å². The van der Waals surface area contributed by atoms with E-state index in [9.17, 15) is 4.79 Å². The minimum Gasteiger partial charge on any atom is -0.453 e. The average Bonchev–Trinajstić information content (AvgIpc) is 2.66. The number of anilines is 1. The summed E-state index contributed by atoms with van der Waals surface area (Å²) in [5.41, 5.74) is 2.83. The lowest BCUT2D eigenvalue weighted by molar-refractivity contribution is 0.187. The van der Waals surface area contributed by atoms with Crippen molar-refractivity contribution >= 4 is 29.3 Å². The molecule has 0 aromatic heterocycles. The van der Waals surface area contributed by atoms with Gasteiger partial charge in [0.15, 0.2) is 5.96 Å². The third-order valence-electron chi connectivity index (χ3n) is 3.52.